The molecule has 3 nitrogen and oxygen atoms in total. The number of carbonyl (C=O) groups excluding carboxylic acids is 1. The van der Waals surface area contributed by atoms with Crippen LogP contribution in [0.3, 0.4) is 0 Å². The van der Waals surface area contributed by atoms with Gasteiger partial charge < -0.3 is 9.72 Å². The maximum Gasteiger partial charge on any atom is 0.355 e. The molecule has 0 spiro atoms. The van der Waals surface area contributed by atoms with Crippen LogP contribution in [0.1, 0.15) is 10.5 Å². The van der Waals surface area contributed by atoms with Crippen LogP contribution >= 0.6 is 27.5 Å². The van der Waals surface area contributed by atoms with E-state index in [1.165, 1.54) is 7.11 Å². The molecule has 2 aromatic rings. The first-order valence-corrected chi connectivity index (χ1v) is 5.36. The van der Waals surface area contributed by atoms with E-state index in [1.807, 2.05) is 12.1 Å². The summed E-state index contributed by atoms with van der Waals surface area (Å²) in [6.45, 7) is 0. The van der Waals surface area contributed by atoms with Gasteiger partial charge in [-0.1, -0.05) is 23.7 Å². The van der Waals surface area contributed by atoms with Crippen LogP contribution < -0.4 is 0 Å². The molecule has 0 saturated heterocycles. The van der Waals surface area contributed by atoms with Crippen molar-refractivity contribution in [1.82, 2.24) is 4.98 Å². The fourth-order valence-electron chi connectivity index (χ4n) is 1.39. The zero-order valence-electron chi connectivity index (χ0n) is 7.80. The molecule has 0 bridgehead atoms. The summed E-state index contributed by atoms with van der Waals surface area (Å²) in [7, 11) is 1.34. The Balaban J connectivity index is 2.75. The van der Waals surface area contributed by atoms with Gasteiger partial charge in [0.15, 0.2) is 0 Å². The highest BCUT2D eigenvalue weighted by molar-refractivity contribution is 9.10. The van der Waals surface area contributed by atoms with E-state index in [0.717, 1.165) is 10.9 Å². The zero-order chi connectivity index (χ0) is 11.0. The number of halogens is 2. The number of hydrogen-bond acceptors (Lipinski definition) is 2. The molecule has 1 heterocycles. The molecule has 0 unspecified atom stereocenters. The van der Waals surface area contributed by atoms with Crippen LogP contribution in [0.15, 0.2) is 22.7 Å². The minimum atomic E-state index is -0.422. The first-order valence-electron chi connectivity index (χ1n) is 4.19. The van der Waals surface area contributed by atoms with E-state index in [-0.39, 0.29) is 0 Å². The van der Waals surface area contributed by atoms with Gasteiger partial charge in [-0.2, -0.15) is 0 Å². The van der Waals surface area contributed by atoms with Crippen molar-refractivity contribution in [3.05, 3.63) is 33.4 Å². The summed E-state index contributed by atoms with van der Waals surface area (Å²) in [5, 5.41) is 1.44. The maximum absolute atomic E-state index is 11.4. The van der Waals surface area contributed by atoms with E-state index < -0.39 is 5.97 Å². The number of ether oxygens (including phenoxy) is 1. The second-order valence-electron chi connectivity index (χ2n) is 2.97. The Morgan fingerprint density at radius 1 is 1.53 bits per heavy atom. The van der Waals surface area contributed by atoms with Gasteiger partial charge in [0, 0.05) is 5.39 Å². The second kappa shape index (κ2) is 3.87. The molecule has 0 saturated carbocycles. The van der Waals surface area contributed by atoms with Crippen molar-refractivity contribution < 1.29 is 9.53 Å². The van der Waals surface area contributed by atoms with E-state index in [2.05, 4.69) is 25.7 Å². The van der Waals surface area contributed by atoms with Gasteiger partial charge in [0.05, 0.1) is 22.1 Å². The van der Waals surface area contributed by atoms with Gasteiger partial charge in [0.1, 0.15) is 5.69 Å². The lowest BCUT2D eigenvalue weighted by atomic mass is 10.2. The lowest BCUT2D eigenvalue weighted by Gasteiger charge is -1.94. The number of H-pyrrole nitrogens is 1. The second-order valence-corrected chi connectivity index (χ2v) is 4.17. The van der Waals surface area contributed by atoms with Gasteiger partial charge in [-0.05, 0) is 22.0 Å². The van der Waals surface area contributed by atoms with Gasteiger partial charge in [-0.25, -0.2) is 4.79 Å². The van der Waals surface area contributed by atoms with Crippen molar-refractivity contribution in [2.45, 2.75) is 0 Å². The van der Waals surface area contributed by atoms with Gasteiger partial charge in [-0.3, -0.25) is 0 Å². The molecule has 0 aliphatic carbocycles. The molecule has 0 atom stereocenters. The number of methoxy groups -OCH3 is 1. The molecular weight excluding hydrogens is 281 g/mol. The van der Waals surface area contributed by atoms with Crippen molar-refractivity contribution in [2.24, 2.45) is 0 Å². The minimum absolute atomic E-state index is 0.376. The van der Waals surface area contributed by atoms with Crippen molar-refractivity contribution >= 4 is 44.4 Å². The summed E-state index contributed by atoms with van der Waals surface area (Å²) in [5.41, 5.74) is 1.10. The van der Waals surface area contributed by atoms with E-state index in [9.17, 15) is 4.79 Å². The van der Waals surface area contributed by atoms with Crippen LogP contribution in [-0.2, 0) is 4.74 Å². The molecule has 2 rings (SSSR count). The third-order valence-corrected chi connectivity index (χ3v) is 3.25. The summed E-state index contributed by atoms with van der Waals surface area (Å²) in [6.07, 6.45) is 0. The third-order valence-electron chi connectivity index (χ3n) is 2.11. The van der Waals surface area contributed by atoms with Gasteiger partial charge in [-0.15, -0.1) is 0 Å². The molecule has 0 aliphatic heterocycles. The van der Waals surface area contributed by atoms with Crippen LogP contribution in [0, 0.1) is 0 Å². The monoisotopic (exact) mass is 287 g/mol. The first-order chi connectivity index (χ1) is 7.15. The molecular formula is C10H7BrClNO2. The number of fused-ring (bicyclic) bond motifs is 1. The SMILES string of the molecule is COC(=O)c1[nH]c2c(Cl)cccc2c1Br. The fraction of sp³-hybridized carbons (Fsp3) is 0.100. The quantitative estimate of drug-likeness (QED) is 0.818. The lowest BCUT2D eigenvalue weighted by Crippen LogP contribution is -2.01. The first kappa shape index (κ1) is 10.5. The zero-order valence-corrected chi connectivity index (χ0v) is 10.1. The minimum Gasteiger partial charge on any atom is -0.464 e. The Bertz CT molecular complexity index is 535. The normalized spacial score (nSPS) is 10.6. The average Bonchev–Trinajstić information content (AvgIpc) is 2.57. The van der Waals surface area contributed by atoms with E-state index in [1.54, 1.807) is 6.07 Å². The van der Waals surface area contributed by atoms with Crippen LogP contribution in [0.5, 0.6) is 0 Å². The molecule has 5 heteroatoms. The summed E-state index contributed by atoms with van der Waals surface area (Å²) >= 11 is 9.32. The number of benzene rings is 1. The number of esters is 1. The van der Waals surface area contributed by atoms with Gasteiger partial charge >= 0.3 is 5.97 Å². The largest absolute Gasteiger partial charge is 0.464 e. The van der Waals surface area contributed by atoms with Crippen molar-refractivity contribution in [2.75, 3.05) is 7.11 Å². The van der Waals surface area contributed by atoms with Crippen LogP contribution in [-0.4, -0.2) is 18.1 Å². The number of rotatable bonds is 1. The van der Waals surface area contributed by atoms with Crippen LogP contribution in [0.4, 0.5) is 0 Å². The van der Waals surface area contributed by atoms with Gasteiger partial charge in [0.2, 0.25) is 0 Å². The standard InChI is InChI=1S/C10H7BrClNO2/c1-15-10(14)9-7(11)5-3-2-4-6(12)8(5)13-9/h2-4,13H,1H3. The number of aromatic nitrogens is 1. The Morgan fingerprint density at radius 3 is 2.87 bits per heavy atom. The molecule has 1 N–H and O–H groups in total. The summed E-state index contributed by atoms with van der Waals surface area (Å²) in [5.74, 6) is -0.422. The molecule has 0 fully saturated rings. The number of para-hydroxylation sites is 1. The van der Waals surface area contributed by atoms with Crippen molar-refractivity contribution in [3.63, 3.8) is 0 Å². The lowest BCUT2D eigenvalue weighted by molar-refractivity contribution is 0.0594. The highest BCUT2D eigenvalue weighted by atomic mass is 79.9. The predicted octanol–water partition coefficient (Wildman–Crippen LogP) is 3.37. The highest BCUT2D eigenvalue weighted by Crippen LogP contribution is 2.32. The van der Waals surface area contributed by atoms with Crippen LogP contribution in [0.25, 0.3) is 10.9 Å². The smallest absolute Gasteiger partial charge is 0.355 e. The van der Waals surface area contributed by atoms with Crippen molar-refractivity contribution in [1.29, 1.82) is 0 Å². The number of carbonyl (C=O) groups is 1. The topological polar surface area (TPSA) is 42.1 Å². The van der Waals surface area contributed by atoms with E-state index >= 15 is 0 Å². The Hall–Kier alpha value is -1.00. The number of hydrogen-bond donors (Lipinski definition) is 1. The Morgan fingerprint density at radius 2 is 2.27 bits per heavy atom. The molecule has 78 valence electrons. The van der Waals surface area contributed by atoms with E-state index in [4.69, 9.17) is 11.6 Å². The Labute approximate surface area is 99.5 Å². The Kier molecular flexibility index (Phi) is 2.71. The molecule has 0 aliphatic rings. The van der Waals surface area contributed by atoms with E-state index in [0.29, 0.717) is 15.2 Å². The van der Waals surface area contributed by atoms with Gasteiger partial charge in [0.25, 0.3) is 0 Å². The summed E-state index contributed by atoms with van der Waals surface area (Å²) in [6, 6.07) is 5.45. The average molecular weight is 289 g/mol. The highest BCUT2D eigenvalue weighted by Gasteiger charge is 2.17. The van der Waals surface area contributed by atoms with Crippen molar-refractivity contribution in [3.8, 4) is 0 Å². The predicted molar refractivity (Wildman–Crippen MR) is 62.3 cm³/mol. The number of aromatic amines is 1. The molecule has 15 heavy (non-hydrogen) atoms. The summed E-state index contributed by atoms with van der Waals surface area (Å²) < 4.78 is 5.32. The molecule has 1 aromatic heterocycles. The number of nitrogens with one attached hydrogen (secondary N) is 1. The third kappa shape index (κ3) is 1.64. The fourth-order valence-corrected chi connectivity index (χ4v) is 2.20. The van der Waals surface area contributed by atoms with Crippen LogP contribution in [0.2, 0.25) is 5.02 Å². The maximum atomic E-state index is 11.4. The molecule has 0 radical (unpaired) electrons. The molecule has 1 aromatic carbocycles. The summed E-state index contributed by atoms with van der Waals surface area (Å²) in [4.78, 5) is 14.3. The molecule has 0 amide bonds.